The zero-order valence-electron chi connectivity index (χ0n) is 13.4. The van der Waals surface area contributed by atoms with Crippen LogP contribution in [0.25, 0.3) is 0 Å². The first kappa shape index (κ1) is 17.7. The van der Waals surface area contributed by atoms with Gasteiger partial charge in [-0.05, 0) is 56.6 Å². The van der Waals surface area contributed by atoms with Gasteiger partial charge >= 0.3 is 0 Å². The van der Waals surface area contributed by atoms with Crippen LogP contribution in [0.1, 0.15) is 51.5 Å². The van der Waals surface area contributed by atoms with E-state index in [0.717, 1.165) is 25.3 Å². The molecule has 0 aliphatic carbocycles. The SMILES string of the molecule is CCCCN(CCCC)CCCOc1ccc([C]=O)cc1. The Morgan fingerprint density at radius 3 is 2.05 bits per heavy atom. The van der Waals surface area contributed by atoms with E-state index in [1.807, 2.05) is 18.4 Å². The third-order valence-electron chi connectivity index (χ3n) is 3.52. The summed E-state index contributed by atoms with van der Waals surface area (Å²) in [4.78, 5) is 13.0. The molecule has 0 atom stereocenters. The van der Waals surface area contributed by atoms with Gasteiger partial charge in [-0.15, -0.1) is 0 Å². The quantitative estimate of drug-likeness (QED) is 0.548. The van der Waals surface area contributed by atoms with Gasteiger partial charge in [-0.3, -0.25) is 4.79 Å². The Hall–Kier alpha value is -1.35. The molecule has 21 heavy (non-hydrogen) atoms. The van der Waals surface area contributed by atoms with Gasteiger partial charge in [-0.2, -0.15) is 0 Å². The molecule has 3 heteroatoms. The van der Waals surface area contributed by atoms with Gasteiger partial charge in [0.15, 0.2) is 0 Å². The average Bonchev–Trinajstić information content (AvgIpc) is 2.53. The fourth-order valence-corrected chi connectivity index (χ4v) is 2.20. The number of nitrogens with zero attached hydrogens (tertiary/aromatic N) is 1. The number of hydrogen-bond donors (Lipinski definition) is 0. The van der Waals surface area contributed by atoms with Crippen molar-refractivity contribution >= 4 is 6.29 Å². The van der Waals surface area contributed by atoms with E-state index in [9.17, 15) is 4.79 Å². The summed E-state index contributed by atoms with van der Waals surface area (Å²) < 4.78 is 5.71. The fraction of sp³-hybridized carbons (Fsp3) is 0.611. The molecule has 0 N–H and O–H groups in total. The minimum Gasteiger partial charge on any atom is -0.494 e. The van der Waals surface area contributed by atoms with Crippen LogP contribution in [0.3, 0.4) is 0 Å². The fourth-order valence-electron chi connectivity index (χ4n) is 2.20. The zero-order valence-corrected chi connectivity index (χ0v) is 13.4. The van der Waals surface area contributed by atoms with Gasteiger partial charge in [-0.1, -0.05) is 26.7 Å². The highest BCUT2D eigenvalue weighted by Gasteiger charge is 2.04. The molecule has 0 saturated carbocycles. The minimum atomic E-state index is 0.563. The van der Waals surface area contributed by atoms with E-state index < -0.39 is 0 Å². The minimum absolute atomic E-state index is 0.563. The van der Waals surface area contributed by atoms with E-state index in [0.29, 0.717) is 5.56 Å². The van der Waals surface area contributed by atoms with Crippen LogP contribution >= 0.6 is 0 Å². The molecule has 0 aliphatic rings. The molecular formula is C18H28NO2. The maximum atomic E-state index is 10.5. The Morgan fingerprint density at radius 2 is 1.52 bits per heavy atom. The van der Waals surface area contributed by atoms with Crippen molar-refractivity contribution in [1.29, 1.82) is 0 Å². The van der Waals surface area contributed by atoms with Crippen LogP contribution in [0.15, 0.2) is 24.3 Å². The number of hydrogen-bond acceptors (Lipinski definition) is 3. The van der Waals surface area contributed by atoms with Crippen LogP contribution in [-0.4, -0.2) is 37.4 Å². The molecular weight excluding hydrogens is 262 g/mol. The Labute approximate surface area is 129 Å². The monoisotopic (exact) mass is 290 g/mol. The first-order valence-corrected chi connectivity index (χ1v) is 8.13. The maximum Gasteiger partial charge on any atom is 0.233 e. The standard InChI is InChI=1S/C18H28NO2/c1-3-5-12-19(13-6-4-2)14-7-15-21-18-10-8-17(16-20)9-11-18/h8-11H,3-7,12-15H2,1-2H3. The second-order valence-electron chi connectivity index (χ2n) is 5.38. The molecule has 0 bridgehead atoms. The highest BCUT2D eigenvalue weighted by molar-refractivity contribution is 5.75. The lowest BCUT2D eigenvalue weighted by Crippen LogP contribution is -2.28. The third-order valence-corrected chi connectivity index (χ3v) is 3.52. The lowest BCUT2D eigenvalue weighted by molar-refractivity contribution is 0.229. The van der Waals surface area contributed by atoms with E-state index in [1.165, 1.54) is 38.8 Å². The molecule has 0 unspecified atom stereocenters. The molecule has 3 nitrogen and oxygen atoms in total. The second-order valence-corrected chi connectivity index (χ2v) is 5.38. The molecule has 0 aromatic heterocycles. The maximum absolute atomic E-state index is 10.5. The first-order valence-electron chi connectivity index (χ1n) is 8.13. The van der Waals surface area contributed by atoms with Crippen molar-refractivity contribution in [2.75, 3.05) is 26.2 Å². The third kappa shape index (κ3) is 7.86. The average molecular weight is 290 g/mol. The highest BCUT2D eigenvalue weighted by atomic mass is 16.5. The summed E-state index contributed by atoms with van der Waals surface area (Å²) >= 11 is 0. The summed E-state index contributed by atoms with van der Waals surface area (Å²) in [6.07, 6.45) is 7.94. The molecule has 0 amide bonds. The number of unbranched alkanes of at least 4 members (excludes halogenated alkanes) is 2. The summed E-state index contributed by atoms with van der Waals surface area (Å²) in [7, 11) is 0. The summed E-state index contributed by atoms with van der Waals surface area (Å²) in [5, 5.41) is 0. The van der Waals surface area contributed by atoms with Crippen molar-refractivity contribution in [3.63, 3.8) is 0 Å². The van der Waals surface area contributed by atoms with E-state index in [4.69, 9.17) is 4.74 Å². The van der Waals surface area contributed by atoms with Gasteiger partial charge in [0.25, 0.3) is 0 Å². The van der Waals surface area contributed by atoms with Gasteiger partial charge in [0.1, 0.15) is 5.75 Å². The van der Waals surface area contributed by atoms with E-state index in [1.54, 1.807) is 12.1 Å². The Morgan fingerprint density at radius 1 is 0.952 bits per heavy atom. The summed E-state index contributed by atoms with van der Waals surface area (Å²) in [6.45, 7) is 8.68. The van der Waals surface area contributed by atoms with Gasteiger partial charge in [0, 0.05) is 12.1 Å². The van der Waals surface area contributed by atoms with Crippen molar-refractivity contribution in [2.24, 2.45) is 0 Å². The predicted molar refractivity (Wildman–Crippen MR) is 87.6 cm³/mol. The molecule has 0 spiro atoms. The number of carbonyl (C=O) groups excluding carboxylic acids is 1. The highest BCUT2D eigenvalue weighted by Crippen LogP contribution is 2.11. The van der Waals surface area contributed by atoms with Crippen molar-refractivity contribution in [2.45, 2.75) is 46.0 Å². The van der Waals surface area contributed by atoms with Crippen LogP contribution in [0.4, 0.5) is 0 Å². The van der Waals surface area contributed by atoms with Crippen molar-refractivity contribution in [1.82, 2.24) is 4.90 Å². The summed E-state index contributed by atoms with van der Waals surface area (Å²) in [5.41, 5.74) is 0.563. The van der Waals surface area contributed by atoms with Crippen LogP contribution in [-0.2, 0) is 4.79 Å². The largest absolute Gasteiger partial charge is 0.494 e. The lowest BCUT2D eigenvalue weighted by Gasteiger charge is -2.21. The molecule has 1 aromatic carbocycles. The Bertz CT molecular complexity index is 367. The topological polar surface area (TPSA) is 29.5 Å². The lowest BCUT2D eigenvalue weighted by atomic mass is 10.2. The van der Waals surface area contributed by atoms with Crippen LogP contribution < -0.4 is 4.74 Å². The zero-order chi connectivity index (χ0) is 15.3. The van der Waals surface area contributed by atoms with Crippen LogP contribution in [0.2, 0.25) is 0 Å². The summed E-state index contributed by atoms with van der Waals surface area (Å²) in [6, 6.07) is 7.12. The van der Waals surface area contributed by atoms with Gasteiger partial charge < -0.3 is 9.64 Å². The number of rotatable bonds is 12. The molecule has 0 saturated heterocycles. The number of ether oxygens (including phenoxy) is 1. The van der Waals surface area contributed by atoms with Gasteiger partial charge in [0.2, 0.25) is 6.29 Å². The molecule has 1 rings (SSSR count). The second kappa shape index (κ2) is 11.3. The Balaban J connectivity index is 2.23. The van der Waals surface area contributed by atoms with E-state index >= 15 is 0 Å². The van der Waals surface area contributed by atoms with Crippen molar-refractivity contribution < 1.29 is 9.53 Å². The molecule has 0 heterocycles. The molecule has 117 valence electrons. The smallest absolute Gasteiger partial charge is 0.233 e. The molecule has 1 radical (unpaired) electrons. The molecule has 0 aliphatic heterocycles. The van der Waals surface area contributed by atoms with Crippen molar-refractivity contribution in [3.05, 3.63) is 29.8 Å². The normalized spacial score (nSPS) is 10.8. The van der Waals surface area contributed by atoms with Crippen molar-refractivity contribution in [3.8, 4) is 5.75 Å². The van der Waals surface area contributed by atoms with Gasteiger partial charge in [0.05, 0.1) is 6.61 Å². The Kier molecular flexibility index (Phi) is 9.55. The number of benzene rings is 1. The van der Waals surface area contributed by atoms with E-state index in [-0.39, 0.29) is 0 Å². The predicted octanol–water partition coefficient (Wildman–Crippen LogP) is 3.82. The first-order chi connectivity index (χ1) is 10.3. The van der Waals surface area contributed by atoms with Crippen LogP contribution in [0.5, 0.6) is 5.75 Å². The molecule has 1 aromatic rings. The molecule has 0 fully saturated rings. The van der Waals surface area contributed by atoms with Gasteiger partial charge in [-0.25, -0.2) is 0 Å². The van der Waals surface area contributed by atoms with E-state index in [2.05, 4.69) is 18.7 Å². The summed E-state index contributed by atoms with van der Waals surface area (Å²) in [5.74, 6) is 0.822. The van der Waals surface area contributed by atoms with Crippen LogP contribution in [0, 0.1) is 0 Å².